The van der Waals surface area contributed by atoms with Crippen molar-refractivity contribution in [3.05, 3.63) is 58.3 Å². The van der Waals surface area contributed by atoms with Gasteiger partial charge >= 0.3 is 6.03 Å². The second-order valence-corrected chi connectivity index (χ2v) is 7.30. The second-order valence-electron chi connectivity index (χ2n) is 7.30. The van der Waals surface area contributed by atoms with E-state index < -0.39 is 12.1 Å². The Morgan fingerprint density at radius 2 is 1.61 bits per heavy atom. The quantitative estimate of drug-likeness (QED) is 0.657. The molecule has 8 heteroatoms. The number of amides is 3. The molecule has 0 aliphatic carbocycles. The summed E-state index contributed by atoms with van der Waals surface area (Å²) in [5.74, 6) is 0.960. The van der Waals surface area contributed by atoms with Gasteiger partial charge in [-0.15, -0.1) is 0 Å². The van der Waals surface area contributed by atoms with Crippen molar-refractivity contribution in [2.75, 3.05) is 26.6 Å². The smallest absolute Gasteiger partial charge is 0.319 e. The van der Waals surface area contributed by atoms with Crippen LogP contribution < -0.4 is 30.2 Å². The molecular formula is C23H27N3O5. The van der Waals surface area contributed by atoms with Crippen LogP contribution in [-0.2, 0) is 4.79 Å². The maximum absolute atomic E-state index is 13.3. The fourth-order valence-electron chi connectivity index (χ4n) is 3.57. The molecule has 8 nitrogen and oxygen atoms in total. The molecule has 0 aromatic heterocycles. The summed E-state index contributed by atoms with van der Waals surface area (Å²) >= 11 is 0. The number of allylic oxidation sites excluding steroid dienone is 1. The summed E-state index contributed by atoms with van der Waals surface area (Å²) in [5, 5.41) is 8.48. The fraction of sp³-hybridized carbons (Fsp3) is 0.304. The topological polar surface area (TPSA) is 97.9 Å². The summed E-state index contributed by atoms with van der Waals surface area (Å²) in [4.78, 5) is 25.6. The lowest BCUT2D eigenvalue weighted by Crippen LogP contribution is -2.46. The maximum atomic E-state index is 13.3. The van der Waals surface area contributed by atoms with Crippen LogP contribution in [-0.4, -0.2) is 33.3 Å². The van der Waals surface area contributed by atoms with Crippen LogP contribution in [0.4, 0.5) is 10.5 Å². The van der Waals surface area contributed by atoms with Gasteiger partial charge in [-0.25, -0.2) is 4.79 Å². The van der Waals surface area contributed by atoms with E-state index in [0.29, 0.717) is 39.8 Å². The van der Waals surface area contributed by atoms with E-state index in [1.165, 1.54) is 21.3 Å². The van der Waals surface area contributed by atoms with Gasteiger partial charge in [0.2, 0.25) is 5.75 Å². The van der Waals surface area contributed by atoms with Crippen LogP contribution >= 0.6 is 0 Å². The summed E-state index contributed by atoms with van der Waals surface area (Å²) in [6.07, 6.45) is 0. The number of urea groups is 1. The molecule has 0 saturated heterocycles. The van der Waals surface area contributed by atoms with Crippen LogP contribution in [0.1, 0.15) is 29.7 Å². The zero-order valence-corrected chi connectivity index (χ0v) is 18.5. The van der Waals surface area contributed by atoms with Crippen LogP contribution in [0.5, 0.6) is 17.2 Å². The van der Waals surface area contributed by atoms with Crippen molar-refractivity contribution in [1.82, 2.24) is 10.6 Å². The van der Waals surface area contributed by atoms with E-state index in [4.69, 9.17) is 14.2 Å². The van der Waals surface area contributed by atoms with Crippen LogP contribution in [0.3, 0.4) is 0 Å². The minimum atomic E-state index is -0.715. The van der Waals surface area contributed by atoms with E-state index in [2.05, 4.69) is 16.0 Å². The molecule has 0 radical (unpaired) electrons. The summed E-state index contributed by atoms with van der Waals surface area (Å²) < 4.78 is 16.2. The van der Waals surface area contributed by atoms with Crippen molar-refractivity contribution in [3.8, 4) is 17.2 Å². The molecule has 1 atom stereocenters. The number of carbonyl (C=O) groups is 2. The van der Waals surface area contributed by atoms with Gasteiger partial charge in [0.1, 0.15) is 0 Å². The summed E-state index contributed by atoms with van der Waals surface area (Å²) in [6, 6.07) is 8.16. The highest BCUT2D eigenvalue weighted by Crippen LogP contribution is 2.41. The highest BCUT2D eigenvalue weighted by molar-refractivity contribution is 6.07. The van der Waals surface area contributed by atoms with Gasteiger partial charge in [-0.3, -0.25) is 4.79 Å². The normalized spacial score (nSPS) is 15.7. The molecule has 164 valence electrons. The van der Waals surface area contributed by atoms with E-state index in [0.717, 1.165) is 11.1 Å². The fourth-order valence-corrected chi connectivity index (χ4v) is 3.57. The maximum Gasteiger partial charge on any atom is 0.319 e. The van der Waals surface area contributed by atoms with Crippen LogP contribution in [0.15, 0.2) is 41.6 Å². The second kappa shape index (κ2) is 8.99. The number of aryl methyl sites for hydroxylation is 2. The number of nitrogens with one attached hydrogen (secondary N) is 3. The molecular weight excluding hydrogens is 398 g/mol. The molecule has 0 bridgehead atoms. The third-order valence-electron chi connectivity index (χ3n) is 5.18. The van der Waals surface area contributed by atoms with Gasteiger partial charge in [0, 0.05) is 11.4 Å². The van der Waals surface area contributed by atoms with Gasteiger partial charge in [-0.05, 0) is 55.7 Å². The number of hydrogen-bond acceptors (Lipinski definition) is 5. The van der Waals surface area contributed by atoms with Crippen LogP contribution in [0, 0.1) is 13.8 Å². The van der Waals surface area contributed by atoms with Gasteiger partial charge in [-0.1, -0.05) is 12.1 Å². The molecule has 0 unspecified atom stereocenters. The molecule has 0 saturated carbocycles. The Morgan fingerprint density at radius 1 is 0.968 bits per heavy atom. The van der Waals surface area contributed by atoms with E-state index in [9.17, 15) is 9.59 Å². The lowest BCUT2D eigenvalue weighted by atomic mass is 9.94. The van der Waals surface area contributed by atoms with Crippen molar-refractivity contribution in [1.29, 1.82) is 0 Å². The van der Waals surface area contributed by atoms with Crippen molar-refractivity contribution < 1.29 is 23.8 Å². The minimum absolute atomic E-state index is 0.322. The Kier molecular flexibility index (Phi) is 6.39. The first kappa shape index (κ1) is 22.0. The summed E-state index contributed by atoms with van der Waals surface area (Å²) in [5.41, 5.74) is 4.15. The first-order valence-electron chi connectivity index (χ1n) is 9.75. The molecule has 31 heavy (non-hydrogen) atoms. The first-order valence-corrected chi connectivity index (χ1v) is 9.75. The zero-order chi connectivity index (χ0) is 22.7. The van der Waals surface area contributed by atoms with Crippen molar-refractivity contribution in [2.45, 2.75) is 26.8 Å². The Balaban J connectivity index is 2.06. The summed E-state index contributed by atoms with van der Waals surface area (Å²) in [6.45, 7) is 5.58. The number of rotatable bonds is 6. The van der Waals surface area contributed by atoms with Crippen molar-refractivity contribution >= 4 is 17.6 Å². The number of benzene rings is 2. The Bertz CT molecular complexity index is 1040. The molecule has 3 N–H and O–H groups in total. The zero-order valence-electron chi connectivity index (χ0n) is 18.5. The number of carbonyl (C=O) groups excluding carboxylic acids is 2. The van der Waals surface area contributed by atoms with Gasteiger partial charge in [-0.2, -0.15) is 0 Å². The molecule has 2 aromatic carbocycles. The predicted octanol–water partition coefficient (Wildman–Crippen LogP) is 3.60. The molecule has 1 aliphatic heterocycles. The van der Waals surface area contributed by atoms with E-state index in [1.54, 1.807) is 19.1 Å². The average Bonchev–Trinajstić information content (AvgIpc) is 2.74. The molecule has 1 heterocycles. The SMILES string of the molecule is COc1cc([C@@H]2NC(=O)NC(C)=C2C(=O)Nc2cc(C)ccc2C)cc(OC)c1OC. The van der Waals surface area contributed by atoms with Gasteiger partial charge < -0.3 is 30.2 Å². The third-order valence-corrected chi connectivity index (χ3v) is 5.18. The Hall–Kier alpha value is -3.68. The van der Waals surface area contributed by atoms with Crippen LogP contribution in [0.25, 0.3) is 0 Å². The van der Waals surface area contributed by atoms with Gasteiger partial charge in [0.05, 0.1) is 32.9 Å². The predicted molar refractivity (Wildman–Crippen MR) is 118 cm³/mol. The van der Waals surface area contributed by atoms with E-state index in [-0.39, 0.29) is 5.91 Å². The monoisotopic (exact) mass is 425 g/mol. The lowest BCUT2D eigenvalue weighted by molar-refractivity contribution is -0.113. The standard InChI is InChI=1S/C23H27N3O5/c1-12-7-8-13(2)16(9-12)25-22(27)19-14(3)24-23(28)26-20(19)15-10-17(29-4)21(31-6)18(11-15)30-5/h7-11,20H,1-6H3,(H,25,27)(H2,24,26,28)/t20-/m0/s1. The molecule has 3 amide bonds. The lowest BCUT2D eigenvalue weighted by Gasteiger charge is -2.29. The largest absolute Gasteiger partial charge is 0.493 e. The molecule has 0 spiro atoms. The van der Waals surface area contributed by atoms with Crippen molar-refractivity contribution in [2.24, 2.45) is 0 Å². The number of methoxy groups -OCH3 is 3. The number of hydrogen-bond donors (Lipinski definition) is 3. The highest BCUT2D eigenvalue weighted by atomic mass is 16.5. The molecule has 0 fully saturated rings. The molecule has 2 aromatic rings. The number of ether oxygens (including phenoxy) is 3. The average molecular weight is 425 g/mol. The third kappa shape index (κ3) is 4.42. The van der Waals surface area contributed by atoms with Gasteiger partial charge in [0.25, 0.3) is 5.91 Å². The Morgan fingerprint density at radius 3 is 2.19 bits per heavy atom. The van der Waals surface area contributed by atoms with Crippen molar-refractivity contribution in [3.63, 3.8) is 0 Å². The Labute approximate surface area is 181 Å². The highest BCUT2D eigenvalue weighted by Gasteiger charge is 2.33. The van der Waals surface area contributed by atoms with Gasteiger partial charge in [0.15, 0.2) is 11.5 Å². The van der Waals surface area contributed by atoms with E-state index in [1.807, 2.05) is 32.0 Å². The minimum Gasteiger partial charge on any atom is -0.493 e. The first-order chi connectivity index (χ1) is 14.8. The molecule has 3 rings (SSSR count). The molecule has 1 aliphatic rings. The number of anilines is 1. The van der Waals surface area contributed by atoms with Crippen LogP contribution in [0.2, 0.25) is 0 Å². The summed E-state index contributed by atoms with van der Waals surface area (Å²) in [7, 11) is 4.54. The van der Waals surface area contributed by atoms with E-state index >= 15 is 0 Å².